The topological polar surface area (TPSA) is 55.6 Å². The molecule has 1 rings (SSSR count). The number of hydrogen-bond acceptors (Lipinski definition) is 3. The Morgan fingerprint density at radius 1 is 1.40 bits per heavy atom. The van der Waals surface area contributed by atoms with Gasteiger partial charge in [-0.1, -0.05) is 42.0 Å². The van der Waals surface area contributed by atoms with Gasteiger partial charge in [-0.2, -0.15) is 0 Å². The summed E-state index contributed by atoms with van der Waals surface area (Å²) in [5, 5.41) is 0. The molecule has 0 atom stereocenters. The number of carbonyl (C=O) groups excluding carboxylic acids is 1. The summed E-state index contributed by atoms with van der Waals surface area (Å²) < 4.78 is 5.04. The minimum Gasteiger partial charge on any atom is -0.393 e. The van der Waals surface area contributed by atoms with E-state index in [1.165, 1.54) is 0 Å². The molecule has 0 heterocycles. The monoisotopic (exact) mass is 294 g/mol. The average Bonchev–Trinajstić information content (AvgIpc) is 2.38. The first-order valence-corrected chi connectivity index (χ1v) is 7.04. The predicted molar refractivity (Wildman–Crippen MR) is 84.7 cm³/mol. The van der Waals surface area contributed by atoms with Crippen LogP contribution in [0.2, 0.25) is 0 Å². The largest absolute Gasteiger partial charge is 0.393 e. The second-order valence-corrected chi connectivity index (χ2v) is 5.28. The number of nitrogens with two attached hydrogens (primary N) is 1. The predicted octanol–water partition coefficient (Wildman–Crippen LogP) is 1.69. The van der Waals surface area contributed by atoms with Crippen molar-refractivity contribution in [3.63, 3.8) is 0 Å². The smallest absolute Gasteiger partial charge is 0.227 e. The summed E-state index contributed by atoms with van der Waals surface area (Å²) in [6, 6.07) is 7.98. The first-order valence-electron chi connectivity index (χ1n) is 6.63. The van der Waals surface area contributed by atoms with E-state index in [1.54, 1.807) is 12.0 Å². The van der Waals surface area contributed by atoms with Gasteiger partial charge in [0.15, 0.2) is 0 Å². The normalized spacial score (nSPS) is 10.3. The molecule has 1 aromatic carbocycles. The average molecular weight is 294 g/mol. The molecule has 1 amide bonds. The lowest BCUT2D eigenvalue weighted by molar-refractivity contribution is -0.131. The minimum atomic E-state index is 0.0731. The number of amides is 1. The van der Waals surface area contributed by atoms with Crippen LogP contribution < -0.4 is 5.73 Å². The van der Waals surface area contributed by atoms with Gasteiger partial charge in [-0.25, -0.2) is 0 Å². The van der Waals surface area contributed by atoms with Crippen LogP contribution in [0, 0.1) is 6.92 Å². The molecular weight excluding hydrogens is 272 g/mol. The van der Waals surface area contributed by atoms with E-state index in [1.807, 2.05) is 31.2 Å². The van der Waals surface area contributed by atoms with E-state index in [0.29, 0.717) is 37.5 Å². The Labute approximate surface area is 125 Å². The Bertz CT molecular complexity index is 463. The van der Waals surface area contributed by atoms with E-state index >= 15 is 0 Å². The van der Waals surface area contributed by atoms with Crippen LogP contribution in [0.3, 0.4) is 0 Å². The third-order valence-corrected chi connectivity index (χ3v) is 3.19. The molecule has 0 spiro atoms. The number of rotatable bonds is 8. The number of thiocarbonyl (C=S) groups is 1. The molecule has 0 saturated heterocycles. The maximum atomic E-state index is 12.3. The molecule has 20 heavy (non-hydrogen) atoms. The molecule has 0 fully saturated rings. The first kappa shape index (κ1) is 16.6. The van der Waals surface area contributed by atoms with Gasteiger partial charge >= 0.3 is 0 Å². The lowest BCUT2D eigenvalue weighted by Gasteiger charge is -2.22. The van der Waals surface area contributed by atoms with Crippen LogP contribution in [-0.2, 0) is 16.0 Å². The number of carbonyl (C=O) groups is 1. The van der Waals surface area contributed by atoms with Crippen molar-refractivity contribution in [3.05, 3.63) is 35.4 Å². The van der Waals surface area contributed by atoms with Crippen molar-refractivity contribution in [2.75, 3.05) is 26.8 Å². The van der Waals surface area contributed by atoms with Crippen LogP contribution in [0.4, 0.5) is 0 Å². The van der Waals surface area contributed by atoms with Crippen LogP contribution in [0.1, 0.15) is 17.5 Å². The summed E-state index contributed by atoms with van der Waals surface area (Å²) in [5.74, 6) is 0.0731. The molecule has 0 aliphatic heterocycles. The first-order chi connectivity index (χ1) is 9.52. The lowest BCUT2D eigenvalue weighted by Crippen LogP contribution is -2.37. The summed E-state index contributed by atoms with van der Waals surface area (Å²) in [5.41, 5.74) is 7.68. The van der Waals surface area contributed by atoms with Gasteiger partial charge in [0.25, 0.3) is 0 Å². The molecule has 0 aliphatic carbocycles. The number of ether oxygens (including phenoxy) is 1. The maximum absolute atomic E-state index is 12.3. The highest BCUT2D eigenvalue weighted by Crippen LogP contribution is 2.07. The summed E-state index contributed by atoms with van der Waals surface area (Å²) in [4.78, 5) is 14.5. The summed E-state index contributed by atoms with van der Waals surface area (Å²) in [7, 11) is 1.62. The summed E-state index contributed by atoms with van der Waals surface area (Å²) >= 11 is 4.87. The van der Waals surface area contributed by atoms with Crippen molar-refractivity contribution in [3.8, 4) is 0 Å². The Morgan fingerprint density at radius 2 is 2.15 bits per heavy atom. The standard InChI is InChI=1S/C15H22N2O2S/c1-12-4-3-5-13(10-12)11-15(18)17(8-9-19-2)7-6-14(16)20/h3-5,10H,6-9,11H2,1-2H3,(H2,16,20). The quantitative estimate of drug-likeness (QED) is 0.741. The van der Waals surface area contributed by atoms with Gasteiger partial charge in [0.2, 0.25) is 5.91 Å². The lowest BCUT2D eigenvalue weighted by atomic mass is 10.1. The van der Waals surface area contributed by atoms with Gasteiger partial charge in [-0.3, -0.25) is 4.79 Å². The number of methoxy groups -OCH3 is 1. The van der Waals surface area contributed by atoms with Gasteiger partial charge in [-0.05, 0) is 12.5 Å². The third-order valence-electron chi connectivity index (χ3n) is 2.98. The second-order valence-electron chi connectivity index (χ2n) is 4.76. The zero-order valence-corrected chi connectivity index (χ0v) is 12.9. The highest BCUT2D eigenvalue weighted by molar-refractivity contribution is 7.80. The Morgan fingerprint density at radius 3 is 2.75 bits per heavy atom. The molecule has 5 heteroatoms. The Balaban J connectivity index is 2.63. The van der Waals surface area contributed by atoms with Crippen molar-refractivity contribution in [1.29, 1.82) is 0 Å². The Kier molecular flexibility index (Phi) is 7.18. The van der Waals surface area contributed by atoms with E-state index in [9.17, 15) is 4.79 Å². The SMILES string of the molecule is COCCN(CCC(N)=S)C(=O)Cc1cccc(C)c1. The molecule has 0 bridgehead atoms. The number of hydrogen-bond donors (Lipinski definition) is 1. The number of benzene rings is 1. The van der Waals surface area contributed by atoms with Gasteiger partial charge in [-0.15, -0.1) is 0 Å². The van der Waals surface area contributed by atoms with Crippen molar-refractivity contribution in [2.45, 2.75) is 19.8 Å². The highest BCUT2D eigenvalue weighted by atomic mass is 32.1. The maximum Gasteiger partial charge on any atom is 0.227 e. The number of nitrogens with zero attached hydrogens (tertiary/aromatic N) is 1. The fourth-order valence-electron chi connectivity index (χ4n) is 1.92. The third kappa shape index (κ3) is 6.12. The minimum absolute atomic E-state index is 0.0731. The molecule has 110 valence electrons. The molecule has 4 nitrogen and oxygen atoms in total. The summed E-state index contributed by atoms with van der Waals surface area (Å²) in [6.45, 7) is 3.63. The van der Waals surface area contributed by atoms with Crippen LogP contribution in [0.25, 0.3) is 0 Å². The van der Waals surface area contributed by atoms with E-state index in [0.717, 1.165) is 11.1 Å². The van der Waals surface area contributed by atoms with Crippen molar-refractivity contribution in [2.24, 2.45) is 5.73 Å². The highest BCUT2D eigenvalue weighted by Gasteiger charge is 2.14. The molecular formula is C15H22N2O2S. The fourth-order valence-corrected chi connectivity index (χ4v) is 2.01. The van der Waals surface area contributed by atoms with E-state index in [2.05, 4.69) is 0 Å². The van der Waals surface area contributed by atoms with Crippen molar-refractivity contribution in [1.82, 2.24) is 4.90 Å². The van der Waals surface area contributed by atoms with Crippen molar-refractivity contribution < 1.29 is 9.53 Å². The van der Waals surface area contributed by atoms with Gasteiger partial charge < -0.3 is 15.4 Å². The van der Waals surface area contributed by atoms with E-state index in [4.69, 9.17) is 22.7 Å². The van der Waals surface area contributed by atoms with Gasteiger partial charge in [0.1, 0.15) is 0 Å². The van der Waals surface area contributed by atoms with Gasteiger partial charge in [0, 0.05) is 26.6 Å². The van der Waals surface area contributed by atoms with Crippen LogP contribution in [0.15, 0.2) is 24.3 Å². The molecule has 0 unspecified atom stereocenters. The van der Waals surface area contributed by atoms with Gasteiger partial charge in [0.05, 0.1) is 18.0 Å². The van der Waals surface area contributed by atoms with Crippen LogP contribution in [0.5, 0.6) is 0 Å². The van der Waals surface area contributed by atoms with Crippen LogP contribution in [-0.4, -0.2) is 42.6 Å². The second kappa shape index (κ2) is 8.66. The molecule has 0 saturated carbocycles. The van der Waals surface area contributed by atoms with Crippen LogP contribution >= 0.6 is 12.2 Å². The molecule has 2 N–H and O–H groups in total. The molecule has 0 aliphatic rings. The van der Waals surface area contributed by atoms with E-state index in [-0.39, 0.29) is 5.91 Å². The zero-order chi connectivity index (χ0) is 15.0. The van der Waals surface area contributed by atoms with E-state index < -0.39 is 0 Å². The molecule has 0 aromatic heterocycles. The fraction of sp³-hybridized carbons (Fsp3) is 0.467. The Hall–Kier alpha value is -1.46. The zero-order valence-electron chi connectivity index (χ0n) is 12.1. The van der Waals surface area contributed by atoms with Crippen molar-refractivity contribution >= 4 is 23.1 Å². The summed E-state index contributed by atoms with van der Waals surface area (Å²) in [6.07, 6.45) is 0.932. The molecule has 1 aromatic rings. The number of aryl methyl sites for hydroxylation is 1. The molecule has 0 radical (unpaired) electrons.